The van der Waals surface area contributed by atoms with Crippen LogP contribution in [0.4, 0.5) is 17.1 Å². The summed E-state index contributed by atoms with van der Waals surface area (Å²) in [6.45, 7) is 2.12. The number of anilines is 2. The lowest BCUT2D eigenvalue weighted by Gasteiger charge is -2.38. The molecule has 3 aromatic carbocycles. The Bertz CT molecular complexity index is 1110. The fourth-order valence-electron chi connectivity index (χ4n) is 3.76. The van der Waals surface area contributed by atoms with Gasteiger partial charge in [0.1, 0.15) is 6.17 Å². The zero-order valence-electron chi connectivity index (χ0n) is 16.3. The van der Waals surface area contributed by atoms with Gasteiger partial charge < -0.3 is 5.32 Å². The highest BCUT2D eigenvalue weighted by Crippen LogP contribution is 2.40. The topological polar surface area (TPSA) is 75.5 Å². The Labute approximate surface area is 182 Å². The SMILES string of the molecule is CCCc1ccc(N2C(=O)c3ccccc3NC2c2cc(Br)ccc2[N+](=O)[O-])cc1. The van der Waals surface area contributed by atoms with E-state index in [4.69, 9.17) is 0 Å². The highest BCUT2D eigenvalue weighted by atomic mass is 79.9. The average molecular weight is 466 g/mol. The van der Waals surface area contributed by atoms with Gasteiger partial charge >= 0.3 is 0 Å². The van der Waals surface area contributed by atoms with Crippen molar-refractivity contribution in [3.63, 3.8) is 0 Å². The Hall–Kier alpha value is -3.19. The number of nitro groups is 1. The van der Waals surface area contributed by atoms with Crippen LogP contribution in [0.2, 0.25) is 0 Å². The van der Waals surface area contributed by atoms with Gasteiger partial charge in [-0.15, -0.1) is 0 Å². The summed E-state index contributed by atoms with van der Waals surface area (Å²) < 4.78 is 0.703. The first-order valence-corrected chi connectivity index (χ1v) is 10.5. The van der Waals surface area contributed by atoms with Crippen LogP contribution in [0.25, 0.3) is 0 Å². The van der Waals surface area contributed by atoms with Crippen LogP contribution in [0, 0.1) is 10.1 Å². The number of benzene rings is 3. The number of nitro benzene ring substituents is 1. The maximum Gasteiger partial charge on any atom is 0.276 e. The molecule has 0 saturated carbocycles. The van der Waals surface area contributed by atoms with Crippen molar-refractivity contribution in [2.24, 2.45) is 0 Å². The molecular formula is C23H20BrN3O3. The van der Waals surface area contributed by atoms with Crippen molar-refractivity contribution in [3.8, 4) is 0 Å². The van der Waals surface area contributed by atoms with Gasteiger partial charge in [0, 0.05) is 21.9 Å². The molecule has 0 aromatic heterocycles. The lowest BCUT2D eigenvalue weighted by Crippen LogP contribution is -2.43. The lowest BCUT2D eigenvalue weighted by molar-refractivity contribution is -0.385. The van der Waals surface area contributed by atoms with Crippen LogP contribution in [0.5, 0.6) is 0 Å². The molecule has 30 heavy (non-hydrogen) atoms. The van der Waals surface area contributed by atoms with E-state index in [1.165, 1.54) is 11.6 Å². The normalized spacial score (nSPS) is 15.5. The summed E-state index contributed by atoms with van der Waals surface area (Å²) in [6.07, 6.45) is 1.27. The molecule has 1 amide bonds. The third-order valence-electron chi connectivity index (χ3n) is 5.16. The molecule has 3 aromatic rings. The number of aryl methyl sites for hydroxylation is 1. The quantitative estimate of drug-likeness (QED) is 0.365. The lowest BCUT2D eigenvalue weighted by atomic mass is 10.0. The molecule has 1 aliphatic rings. The largest absolute Gasteiger partial charge is 0.360 e. The molecule has 1 unspecified atom stereocenters. The van der Waals surface area contributed by atoms with Crippen molar-refractivity contribution >= 4 is 38.9 Å². The first-order chi connectivity index (χ1) is 14.5. The summed E-state index contributed by atoms with van der Waals surface area (Å²) >= 11 is 3.41. The number of halogens is 1. The van der Waals surface area contributed by atoms with Gasteiger partial charge in [-0.1, -0.05) is 53.5 Å². The Morgan fingerprint density at radius 1 is 1.10 bits per heavy atom. The monoisotopic (exact) mass is 465 g/mol. The molecule has 1 aliphatic heterocycles. The maximum absolute atomic E-state index is 13.5. The second kappa shape index (κ2) is 8.28. The molecule has 6 nitrogen and oxygen atoms in total. The summed E-state index contributed by atoms with van der Waals surface area (Å²) in [5.74, 6) is -0.202. The molecule has 152 valence electrons. The van der Waals surface area contributed by atoms with Crippen LogP contribution in [0.15, 0.2) is 71.2 Å². The molecular weight excluding hydrogens is 446 g/mol. The molecule has 1 N–H and O–H groups in total. The van der Waals surface area contributed by atoms with Crippen LogP contribution < -0.4 is 10.2 Å². The number of hydrogen-bond donors (Lipinski definition) is 1. The van der Waals surface area contributed by atoms with Crippen molar-refractivity contribution < 1.29 is 9.72 Å². The van der Waals surface area contributed by atoms with Crippen LogP contribution in [0.1, 0.15) is 41.0 Å². The Morgan fingerprint density at radius 2 is 1.83 bits per heavy atom. The van der Waals surface area contributed by atoms with Crippen LogP contribution >= 0.6 is 15.9 Å². The van der Waals surface area contributed by atoms with Gasteiger partial charge in [0.15, 0.2) is 0 Å². The summed E-state index contributed by atoms with van der Waals surface area (Å²) in [5, 5.41) is 15.1. The Morgan fingerprint density at radius 3 is 2.53 bits per heavy atom. The second-order valence-electron chi connectivity index (χ2n) is 7.14. The third kappa shape index (κ3) is 3.68. The number of nitrogens with one attached hydrogen (secondary N) is 1. The van der Waals surface area contributed by atoms with Gasteiger partial charge in [0.05, 0.1) is 16.1 Å². The fourth-order valence-corrected chi connectivity index (χ4v) is 4.14. The van der Waals surface area contributed by atoms with Gasteiger partial charge in [-0.3, -0.25) is 19.8 Å². The van der Waals surface area contributed by atoms with E-state index in [1.807, 2.05) is 42.5 Å². The fraction of sp³-hybridized carbons (Fsp3) is 0.174. The smallest absolute Gasteiger partial charge is 0.276 e. The zero-order chi connectivity index (χ0) is 21.3. The van der Waals surface area contributed by atoms with E-state index < -0.39 is 11.1 Å². The summed E-state index contributed by atoms with van der Waals surface area (Å²) in [5.41, 5.74) is 3.42. The van der Waals surface area contributed by atoms with E-state index in [0.717, 1.165) is 12.8 Å². The number of amides is 1. The first-order valence-electron chi connectivity index (χ1n) is 9.71. The van der Waals surface area contributed by atoms with Gasteiger partial charge in [-0.05, 0) is 48.4 Å². The third-order valence-corrected chi connectivity index (χ3v) is 5.65. The van der Waals surface area contributed by atoms with Crippen molar-refractivity contribution in [2.75, 3.05) is 10.2 Å². The average Bonchev–Trinajstić information content (AvgIpc) is 2.74. The summed E-state index contributed by atoms with van der Waals surface area (Å²) in [6, 6.07) is 19.8. The molecule has 1 atom stereocenters. The van der Waals surface area contributed by atoms with Crippen LogP contribution in [0.3, 0.4) is 0 Å². The van der Waals surface area contributed by atoms with Crippen LogP contribution in [-0.4, -0.2) is 10.8 Å². The minimum Gasteiger partial charge on any atom is -0.360 e. The van der Waals surface area contributed by atoms with E-state index in [1.54, 1.807) is 23.1 Å². The minimum absolute atomic E-state index is 0.0458. The molecule has 0 aliphatic carbocycles. The van der Waals surface area contributed by atoms with Crippen molar-refractivity contribution in [1.29, 1.82) is 0 Å². The molecule has 0 spiro atoms. The summed E-state index contributed by atoms with van der Waals surface area (Å²) in [4.78, 5) is 26.4. The van der Waals surface area contributed by atoms with E-state index in [-0.39, 0.29) is 11.6 Å². The number of rotatable bonds is 5. The summed E-state index contributed by atoms with van der Waals surface area (Å²) in [7, 11) is 0. The Balaban J connectivity index is 1.87. The second-order valence-corrected chi connectivity index (χ2v) is 8.06. The van der Waals surface area contributed by atoms with E-state index in [0.29, 0.717) is 27.0 Å². The molecule has 0 fully saturated rings. The molecule has 7 heteroatoms. The molecule has 0 radical (unpaired) electrons. The minimum atomic E-state index is -0.720. The highest BCUT2D eigenvalue weighted by molar-refractivity contribution is 9.10. The number of hydrogen-bond acceptors (Lipinski definition) is 4. The predicted molar refractivity (Wildman–Crippen MR) is 121 cm³/mol. The van der Waals surface area contributed by atoms with Crippen molar-refractivity contribution in [3.05, 3.63) is 98.0 Å². The van der Waals surface area contributed by atoms with Crippen molar-refractivity contribution in [2.45, 2.75) is 25.9 Å². The molecule has 0 bridgehead atoms. The number of nitrogens with zero attached hydrogens (tertiary/aromatic N) is 2. The number of carbonyl (C=O) groups excluding carboxylic acids is 1. The van der Waals surface area contributed by atoms with Crippen molar-refractivity contribution in [1.82, 2.24) is 0 Å². The number of carbonyl (C=O) groups is 1. The standard InChI is InChI=1S/C23H20BrN3O3/c1-2-5-15-8-11-17(12-9-15)26-22(19-14-16(24)10-13-21(19)27(29)30)25-20-7-4-3-6-18(20)23(26)28/h3-4,6-14,22,25H,2,5H2,1H3. The van der Waals surface area contributed by atoms with E-state index in [2.05, 4.69) is 28.2 Å². The van der Waals surface area contributed by atoms with E-state index in [9.17, 15) is 14.9 Å². The Kier molecular flexibility index (Phi) is 5.55. The number of para-hydroxylation sites is 1. The molecule has 4 rings (SSSR count). The van der Waals surface area contributed by atoms with Gasteiger partial charge in [0.25, 0.3) is 11.6 Å². The van der Waals surface area contributed by atoms with Crippen LogP contribution in [-0.2, 0) is 6.42 Å². The number of fused-ring (bicyclic) bond motifs is 1. The maximum atomic E-state index is 13.5. The van der Waals surface area contributed by atoms with Gasteiger partial charge in [-0.25, -0.2) is 0 Å². The van der Waals surface area contributed by atoms with Gasteiger partial charge in [-0.2, -0.15) is 0 Å². The predicted octanol–water partition coefficient (Wildman–Crippen LogP) is 6.08. The van der Waals surface area contributed by atoms with E-state index >= 15 is 0 Å². The first kappa shape index (κ1) is 20.1. The molecule has 0 saturated heterocycles. The van der Waals surface area contributed by atoms with Gasteiger partial charge in [0.2, 0.25) is 0 Å². The zero-order valence-corrected chi connectivity index (χ0v) is 17.9. The molecule has 1 heterocycles. The highest BCUT2D eigenvalue weighted by Gasteiger charge is 2.37.